The zero-order valence-corrected chi connectivity index (χ0v) is 8.73. The smallest absolute Gasteiger partial charge is 0.239 e. The lowest BCUT2D eigenvalue weighted by molar-refractivity contribution is -0.125. The third-order valence-corrected chi connectivity index (χ3v) is 1.76. The maximum atomic E-state index is 11.3. The van der Waals surface area contributed by atoms with Crippen molar-refractivity contribution in [3.63, 3.8) is 0 Å². The molecule has 16 heavy (non-hydrogen) atoms. The van der Waals surface area contributed by atoms with Gasteiger partial charge in [0.05, 0.1) is 19.1 Å². The lowest BCUT2D eigenvalue weighted by Gasteiger charge is -2.10. The highest BCUT2D eigenvalue weighted by Crippen LogP contribution is 2.01. The second kappa shape index (κ2) is 5.75. The number of nitrogens with two attached hydrogens (primary N) is 1. The molecule has 9 heteroatoms. The number of carbonyl (C=O) groups is 2. The van der Waals surface area contributed by atoms with Gasteiger partial charge >= 0.3 is 0 Å². The largest absolute Gasteiger partial charge is 0.346 e. The summed E-state index contributed by atoms with van der Waals surface area (Å²) in [6.45, 7) is 1.43. The number of amides is 2. The van der Waals surface area contributed by atoms with Crippen LogP contribution in [-0.2, 0) is 9.59 Å². The summed E-state index contributed by atoms with van der Waals surface area (Å²) in [7, 11) is 0. The van der Waals surface area contributed by atoms with Crippen LogP contribution in [0.3, 0.4) is 0 Å². The molecule has 1 aromatic rings. The van der Waals surface area contributed by atoms with Gasteiger partial charge in [-0.2, -0.15) is 5.21 Å². The third-order valence-electron chi connectivity index (χ3n) is 1.76. The Morgan fingerprint density at radius 1 is 1.50 bits per heavy atom. The summed E-state index contributed by atoms with van der Waals surface area (Å²) < 4.78 is 0. The van der Waals surface area contributed by atoms with Crippen molar-refractivity contribution in [2.45, 2.75) is 13.0 Å². The first kappa shape index (κ1) is 12.0. The predicted molar refractivity (Wildman–Crippen MR) is 52.8 cm³/mol. The number of carbonyl (C=O) groups excluding carboxylic acids is 2. The van der Waals surface area contributed by atoms with Crippen molar-refractivity contribution in [3.8, 4) is 0 Å². The average molecular weight is 227 g/mol. The number of aromatic nitrogens is 4. The van der Waals surface area contributed by atoms with Gasteiger partial charge in [-0.1, -0.05) is 5.21 Å². The maximum absolute atomic E-state index is 11.3. The van der Waals surface area contributed by atoms with E-state index in [4.69, 9.17) is 5.73 Å². The van der Waals surface area contributed by atoms with Gasteiger partial charge in [0.15, 0.2) is 5.82 Å². The van der Waals surface area contributed by atoms with E-state index in [0.29, 0.717) is 5.82 Å². The van der Waals surface area contributed by atoms with Crippen LogP contribution < -0.4 is 16.4 Å². The van der Waals surface area contributed by atoms with Crippen LogP contribution in [0.4, 0.5) is 0 Å². The number of hydrogen-bond acceptors (Lipinski definition) is 6. The Morgan fingerprint density at radius 3 is 2.81 bits per heavy atom. The average Bonchev–Trinajstić information content (AvgIpc) is 2.79. The number of nitrogens with one attached hydrogen (secondary N) is 3. The molecule has 1 rings (SSSR count). The molecule has 0 radical (unpaired) electrons. The van der Waals surface area contributed by atoms with Gasteiger partial charge in [0, 0.05) is 0 Å². The topological polar surface area (TPSA) is 139 Å². The Bertz CT molecular complexity index is 350. The number of hydrogen-bond donors (Lipinski definition) is 4. The van der Waals surface area contributed by atoms with Gasteiger partial charge in [0.2, 0.25) is 11.8 Å². The highest BCUT2D eigenvalue weighted by molar-refractivity contribution is 5.85. The fraction of sp³-hybridized carbons (Fsp3) is 0.571. The standard InChI is InChI=1S/C7H13N7O2/c1-4(7-11-13-14-12-7)10-6(16)3-9-5(15)2-8/h4H,2-3,8H2,1H3,(H,9,15)(H,10,16)(H,11,12,13,14). The fourth-order valence-corrected chi connectivity index (χ4v) is 0.961. The monoisotopic (exact) mass is 227 g/mol. The zero-order chi connectivity index (χ0) is 12.0. The minimum Gasteiger partial charge on any atom is -0.346 e. The van der Waals surface area contributed by atoms with Crippen molar-refractivity contribution in [1.29, 1.82) is 0 Å². The maximum Gasteiger partial charge on any atom is 0.239 e. The minimum absolute atomic E-state index is 0.127. The van der Waals surface area contributed by atoms with Crippen molar-refractivity contribution in [3.05, 3.63) is 5.82 Å². The first-order valence-corrected chi connectivity index (χ1v) is 4.63. The number of nitrogens with zero attached hydrogens (tertiary/aromatic N) is 3. The van der Waals surface area contributed by atoms with Crippen LogP contribution in [0.2, 0.25) is 0 Å². The van der Waals surface area contributed by atoms with Crippen LogP contribution in [0.5, 0.6) is 0 Å². The summed E-state index contributed by atoms with van der Waals surface area (Å²) in [5.74, 6) is -0.361. The molecule has 5 N–H and O–H groups in total. The second-order valence-corrected chi connectivity index (χ2v) is 3.04. The highest BCUT2D eigenvalue weighted by atomic mass is 16.2. The first-order chi connectivity index (χ1) is 7.63. The van der Waals surface area contributed by atoms with Crippen LogP contribution in [0.15, 0.2) is 0 Å². The van der Waals surface area contributed by atoms with Gasteiger partial charge < -0.3 is 16.4 Å². The molecular weight excluding hydrogens is 214 g/mol. The van der Waals surface area contributed by atoms with Crippen LogP contribution in [0, 0.1) is 0 Å². The van der Waals surface area contributed by atoms with Crippen LogP contribution >= 0.6 is 0 Å². The third kappa shape index (κ3) is 3.61. The van der Waals surface area contributed by atoms with Gasteiger partial charge in [-0.15, -0.1) is 10.2 Å². The first-order valence-electron chi connectivity index (χ1n) is 4.63. The van der Waals surface area contributed by atoms with Gasteiger partial charge in [0.1, 0.15) is 0 Å². The molecule has 0 aliphatic rings. The van der Waals surface area contributed by atoms with Crippen molar-refractivity contribution >= 4 is 11.8 Å². The molecule has 0 aliphatic carbocycles. The Balaban J connectivity index is 2.32. The Labute approximate surface area is 91.2 Å². The van der Waals surface area contributed by atoms with Gasteiger partial charge in [-0.3, -0.25) is 9.59 Å². The van der Waals surface area contributed by atoms with Gasteiger partial charge in [-0.25, -0.2) is 0 Å². The Kier molecular flexibility index (Phi) is 4.33. The molecule has 9 nitrogen and oxygen atoms in total. The Morgan fingerprint density at radius 2 is 2.25 bits per heavy atom. The second-order valence-electron chi connectivity index (χ2n) is 3.04. The molecule has 0 spiro atoms. The van der Waals surface area contributed by atoms with Crippen LogP contribution in [0.1, 0.15) is 18.8 Å². The summed E-state index contributed by atoms with van der Waals surface area (Å²) in [6, 6.07) is -0.374. The van der Waals surface area contributed by atoms with E-state index in [-0.39, 0.29) is 30.9 Å². The molecule has 0 aromatic carbocycles. The SMILES string of the molecule is CC(NC(=O)CNC(=O)CN)c1nn[nH]n1. The van der Waals surface area contributed by atoms with Crippen LogP contribution in [0.25, 0.3) is 0 Å². The molecule has 0 saturated carbocycles. The number of rotatable bonds is 5. The molecule has 1 unspecified atom stereocenters. The highest BCUT2D eigenvalue weighted by Gasteiger charge is 2.13. The lowest BCUT2D eigenvalue weighted by atomic mass is 10.3. The molecule has 0 bridgehead atoms. The Hall–Kier alpha value is -2.03. The predicted octanol–water partition coefficient (Wildman–Crippen LogP) is -2.55. The van der Waals surface area contributed by atoms with Crippen LogP contribution in [-0.4, -0.2) is 45.5 Å². The zero-order valence-electron chi connectivity index (χ0n) is 8.73. The van der Waals surface area contributed by atoms with E-state index in [1.165, 1.54) is 0 Å². The van der Waals surface area contributed by atoms with E-state index in [9.17, 15) is 9.59 Å². The molecule has 1 atom stereocenters. The summed E-state index contributed by atoms with van der Waals surface area (Å²) >= 11 is 0. The van der Waals surface area contributed by atoms with E-state index in [0.717, 1.165) is 0 Å². The summed E-state index contributed by atoms with van der Waals surface area (Å²) in [4.78, 5) is 22.1. The van der Waals surface area contributed by atoms with E-state index in [1.54, 1.807) is 6.92 Å². The normalized spacial score (nSPS) is 11.9. The molecule has 2 amide bonds. The van der Waals surface area contributed by atoms with E-state index in [1.807, 2.05) is 0 Å². The summed E-state index contributed by atoms with van der Waals surface area (Å²) in [6.07, 6.45) is 0. The van der Waals surface area contributed by atoms with Crippen molar-refractivity contribution in [1.82, 2.24) is 31.3 Å². The molecule has 1 aromatic heterocycles. The fourth-order valence-electron chi connectivity index (χ4n) is 0.961. The minimum atomic E-state index is -0.387. The van der Waals surface area contributed by atoms with Crippen molar-refractivity contribution < 1.29 is 9.59 Å². The van der Waals surface area contributed by atoms with E-state index >= 15 is 0 Å². The lowest BCUT2D eigenvalue weighted by Crippen LogP contribution is -2.40. The quantitative estimate of drug-likeness (QED) is 0.437. The molecule has 0 aliphatic heterocycles. The molecular formula is C7H13N7O2. The number of H-pyrrole nitrogens is 1. The van der Waals surface area contributed by atoms with E-state index < -0.39 is 0 Å². The van der Waals surface area contributed by atoms with E-state index in [2.05, 4.69) is 31.3 Å². The molecule has 1 heterocycles. The summed E-state index contributed by atoms with van der Waals surface area (Å²) in [5, 5.41) is 18.0. The van der Waals surface area contributed by atoms with Gasteiger partial charge in [0.25, 0.3) is 0 Å². The molecule has 88 valence electrons. The van der Waals surface area contributed by atoms with Crippen molar-refractivity contribution in [2.24, 2.45) is 5.73 Å². The number of aromatic amines is 1. The molecule has 0 fully saturated rings. The summed E-state index contributed by atoms with van der Waals surface area (Å²) in [5.41, 5.74) is 5.06. The van der Waals surface area contributed by atoms with Crippen molar-refractivity contribution in [2.75, 3.05) is 13.1 Å². The molecule has 0 saturated heterocycles. The number of tetrazole rings is 1. The van der Waals surface area contributed by atoms with Gasteiger partial charge in [-0.05, 0) is 6.92 Å².